The summed E-state index contributed by atoms with van der Waals surface area (Å²) in [5, 5.41) is 8.21. The summed E-state index contributed by atoms with van der Waals surface area (Å²) in [7, 11) is 0. The number of ether oxygens (including phenoxy) is 1. The number of carbonyl (C=O) groups excluding carboxylic acids is 3. The van der Waals surface area contributed by atoms with Gasteiger partial charge in [0.05, 0.1) is 6.61 Å². The fourth-order valence-corrected chi connectivity index (χ4v) is 5.81. The zero-order valence-electron chi connectivity index (χ0n) is 26.1. The van der Waals surface area contributed by atoms with Gasteiger partial charge in [-0.05, 0) is 85.1 Å². The number of benzene rings is 5. The molecule has 0 aliphatic carbocycles. The van der Waals surface area contributed by atoms with Crippen LogP contribution in [0.15, 0.2) is 144 Å². The molecule has 0 saturated heterocycles. The molecule has 5 aromatic carbocycles. The lowest BCUT2D eigenvalue weighted by molar-refractivity contribution is -0.116. The summed E-state index contributed by atoms with van der Waals surface area (Å²) in [6, 6.07) is 40.5. The van der Waals surface area contributed by atoms with Crippen molar-refractivity contribution in [2.24, 2.45) is 0 Å². The Kier molecular flexibility index (Phi) is 11.2. The van der Waals surface area contributed by atoms with Gasteiger partial charge in [0.1, 0.15) is 16.7 Å². The van der Waals surface area contributed by atoms with Crippen LogP contribution in [0.5, 0.6) is 5.75 Å². The van der Waals surface area contributed by atoms with Gasteiger partial charge >= 0.3 is 0 Å². The van der Waals surface area contributed by atoms with Crippen molar-refractivity contribution >= 4 is 46.9 Å². The molecule has 0 spiro atoms. The lowest BCUT2D eigenvalue weighted by Crippen LogP contribution is -2.30. The molecule has 0 fully saturated rings. The molecule has 236 valence electrons. The first-order valence-corrected chi connectivity index (χ1v) is 16.1. The molecule has 0 aromatic heterocycles. The van der Waals surface area contributed by atoms with E-state index in [1.54, 1.807) is 36.4 Å². The Bertz CT molecular complexity index is 1860. The highest BCUT2D eigenvalue weighted by Gasteiger charge is 2.23. The molecule has 0 saturated carbocycles. The Morgan fingerprint density at radius 1 is 0.766 bits per heavy atom. The highest BCUT2D eigenvalue weighted by atomic mass is 32.2. The van der Waals surface area contributed by atoms with Gasteiger partial charge in [0.15, 0.2) is 0 Å². The van der Waals surface area contributed by atoms with Crippen LogP contribution in [0.4, 0.5) is 11.4 Å². The van der Waals surface area contributed by atoms with Crippen LogP contribution < -0.4 is 20.7 Å². The first kappa shape index (κ1) is 32.8. The van der Waals surface area contributed by atoms with Crippen molar-refractivity contribution in [2.75, 3.05) is 17.2 Å². The second-order valence-corrected chi connectivity index (χ2v) is 11.8. The lowest BCUT2D eigenvalue weighted by Gasteiger charge is -2.18. The zero-order valence-corrected chi connectivity index (χ0v) is 26.9. The van der Waals surface area contributed by atoms with Crippen LogP contribution in [0.3, 0.4) is 0 Å². The predicted molar refractivity (Wildman–Crippen MR) is 189 cm³/mol. The van der Waals surface area contributed by atoms with Crippen LogP contribution in [-0.4, -0.2) is 24.3 Å². The summed E-state index contributed by atoms with van der Waals surface area (Å²) < 4.78 is 5.53. The normalized spacial score (nSPS) is 11.7. The first-order valence-electron chi connectivity index (χ1n) is 15.2. The van der Waals surface area contributed by atoms with E-state index in [-0.39, 0.29) is 11.6 Å². The van der Waals surface area contributed by atoms with Crippen LogP contribution >= 0.6 is 11.8 Å². The average Bonchev–Trinajstić information content (AvgIpc) is 3.09. The number of anilines is 2. The van der Waals surface area contributed by atoms with Gasteiger partial charge in [-0.3, -0.25) is 14.4 Å². The fraction of sp³-hybridized carbons (Fsp3) is 0.103. The number of aryl methyl sites for hydroxylation is 1. The monoisotopic (exact) mass is 641 g/mol. The Morgan fingerprint density at radius 3 is 2.15 bits per heavy atom. The third-order valence-corrected chi connectivity index (χ3v) is 8.37. The summed E-state index contributed by atoms with van der Waals surface area (Å²) >= 11 is 1.38. The topological polar surface area (TPSA) is 96.5 Å². The smallest absolute Gasteiger partial charge is 0.272 e. The number of amides is 3. The summed E-state index contributed by atoms with van der Waals surface area (Å²) in [5.41, 5.74) is 4.29. The second kappa shape index (κ2) is 16.1. The molecular formula is C39H35N3O4S. The van der Waals surface area contributed by atoms with Gasteiger partial charge in [0, 0.05) is 21.8 Å². The van der Waals surface area contributed by atoms with Crippen LogP contribution in [0.2, 0.25) is 0 Å². The van der Waals surface area contributed by atoms with E-state index in [0.29, 0.717) is 29.2 Å². The maximum absolute atomic E-state index is 13.7. The van der Waals surface area contributed by atoms with Gasteiger partial charge < -0.3 is 20.7 Å². The molecule has 7 nitrogen and oxygen atoms in total. The quantitative estimate of drug-likeness (QED) is 0.0941. The Hall–Kier alpha value is -5.60. The molecule has 0 heterocycles. The molecule has 47 heavy (non-hydrogen) atoms. The molecule has 0 radical (unpaired) electrons. The number of hydrogen-bond acceptors (Lipinski definition) is 5. The largest absolute Gasteiger partial charge is 0.494 e. The SMILES string of the molecule is CCOc1ccc(/C=C(/NC(=O)c2ccccc2)C(=O)Nc2cccc(SC(C(=O)Nc3ccccc3C)c3ccccc3)c2)cc1. The third kappa shape index (κ3) is 9.22. The van der Waals surface area contributed by atoms with Gasteiger partial charge in [-0.25, -0.2) is 0 Å². The summed E-state index contributed by atoms with van der Waals surface area (Å²) in [6.45, 7) is 4.40. The second-order valence-electron chi connectivity index (χ2n) is 10.6. The number of nitrogens with one attached hydrogen (secondary N) is 3. The van der Waals surface area contributed by atoms with E-state index in [2.05, 4.69) is 16.0 Å². The summed E-state index contributed by atoms with van der Waals surface area (Å²) in [6.07, 6.45) is 1.62. The highest BCUT2D eigenvalue weighted by molar-refractivity contribution is 8.00. The number of hydrogen-bond donors (Lipinski definition) is 3. The van der Waals surface area contributed by atoms with E-state index in [1.807, 2.05) is 117 Å². The van der Waals surface area contributed by atoms with Gasteiger partial charge in [0.25, 0.3) is 11.8 Å². The van der Waals surface area contributed by atoms with Gasteiger partial charge in [-0.2, -0.15) is 0 Å². The van der Waals surface area contributed by atoms with Crippen LogP contribution in [0, 0.1) is 6.92 Å². The first-order chi connectivity index (χ1) is 22.9. The van der Waals surface area contributed by atoms with Crippen molar-refractivity contribution < 1.29 is 19.1 Å². The molecule has 0 bridgehead atoms. The van der Waals surface area contributed by atoms with E-state index in [9.17, 15) is 14.4 Å². The lowest BCUT2D eigenvalue weighted by atomic mass is 10.1. The number of thioether (sulfide) groups is 1. The molecule has 1 atom stereocenters. The third-order valence-electron chi connectivity index (χ3n) is 7.12. The van der Waals surface area contributed by atoms with Crippen molar-refractivity contribution in [1.82, 2.24) is 5.32 Å². The number of para-hydroxylation sites is 1. The molecule has 3 N–H and O–H groups in total. The van der Waals surface area contributed by atoms with Crippen molar-refractivity contribution in [2.45, 2.75) is 24.0 Å². The Labute approximate surface area is 279 Å². The van der Waals surface area contributed by atoms with Crippen molar-refractivity contribution in [1.29, 1.82) is 0 Å². The van der Waals surface area contributed by atoms with E-state index in [4.69, 9.17) is 4.74 Å². The van der Waals surface area contributed by atoms with Gasteiger partial charge in [0.2, 0.25) is 5.91 Å². The molecule has 1 unspecified atom stereocenters. The van der Waals surface area contributed by atoms with Crippen LogP contribution in [0.1, 0.15) is 39.2 Å². The van der Waals surface area contributed by atoms with E-state index < -0.39 is 17.1 Å². The minimum absolute atomic E-state index is 0.0702. The Morgan fingerprint density at radius 2 is 1.45 bits per heavy atom. The van der Waals surface area contributed by atoms with Crippen molar-refractivity contribution in [3.05, 3.63) is 161 Å². The van der Waals surface area contributed by atoms with Crippen LogP contribution in [-0.2, 0) is 9.59 Å². The molecule has 5 aromatic rings. The molecule has 0 aliphatic heterocycles. The maximum Gasteiger partial charge on any atom is 0.272 e. The van der Waals surface area contributed by atoms with Gasteiger partial charge in [-0.1, -0.05) is 84.9 Å². The number of rotatable bonds is 12. The minimum atomic E-state index is -0.554. The molecule has 5 rings (SSSR count). The van der Waals surface area contributed by atoms with E-state index in [0.717, 1.165) is 21.7 Å². The highest BCUT2D eigenvalue weighted by Crippen LogP contribution is 2.37. The standard InChI is InChI=1S/C39H35N3O4S/c1-3-46-32-23-21-28(22-24-32)25-35(42-37(43)30-16-8-5-9-17-30)38(44)40-31-18-12-19-33(26-31)47-36(29-14-6-4-7-15-29)39(45)41-34-20-11-10-13-27(34)2/h4-26,36H,3H2,1-2H3,(H,40,44)(H,41,45)(H,42,43)/b35-25+. The van der Waals surface area contributed by atoms with Crippen LogP contribution in [0.25, 0.3) is 6.08 Å². The zero-order chi connectivity index (χ0) is 33.0. The Balaban J connectivity index is 1.38. The molecule has 8 heteroatoms. The van der Waals surface area contributed by atoms with Crippen molar-refractivity contribution in [3.8, 4) is 5.75 Å². The maximum atomic E-state index is 13.7. The molecule has 3 amide bonds. The predicted octanol–water partition coefficient (Wildman–Crippen LogP) is 8.28. The number of carbonyl (C=O) groups is 3. The minimum Gasteiger partial charge on any atom is -0.494 e. The fourth-order valence-electron chi connectivity index (χ4n) is 4.73. The van der Waals surface area contributed by atoms with Crippen molar-refractivity contribution in [3.63, 3.8) is 0 Å². The average molecular weight is 642 g/mol. The summed E-state index contributed by atoms with van der Waals surface area (Å²) in [4.78, 5) is 41.1. The van der Waals surface area contributed by atoms with E-state index in [1.165, 1.54) is 11.8 Å². The molecule has 0 aliphatic rings. The summed E-state index contributed by atoms with van der Waals surface area (Å²) in [5.74, 6) is -0.358. The van der Waals surface area contributed by atoms with Gasteiger partial charge in [-0.15, -0.1) is 11.8 Å². The molecular weight excluding hydrogens is 607 g/mol. The van der Waals surface area contributed by atoms with E-state index >= 15 is 0 Å².